The molecule has 0 N–H and O–H groups in total. The van der Waals surface area contributed by atoms with Crippen LogP contribution in [0.15, 0.2) is 42.5 Å². The number of benzene rings is 2. The molecule has 0 heteroatoms. The van der Waals surface area contributed by atoms with Gasteiger partial charge in [0.1, 0.15) is 0 Å². The van der Waals surface area contributed by atoms with Gasteiger partial charge >= 0.3 is 0 Å². The second-order valence-corrected chi connectivity index (χ2v) is 7.28. The summed E-state index contributed by atoms with van der Waals surface area (Å²) in [6, 6.07) is 15.9. The van der Waals surface area contributed by atoms with Crippen molar-refractivity contribution in [2.24, 2.45) is 5.92 Å². The van der Waals surface area contributed by atoms with E-state index in [4.69, 9.17) is 0 Å². The van der Waals surface area contributed by atoms with Crippen LogP contribution in [0, 0.1) is 5.92 Å². The topological polar surface area (TPSA) is 0 Å². The van der Waals surface area contributed by atoms with Gasteiger partial charge in [0.15, 0.2) is 0 Å². The number of fused-ring (bicyclic) bond motifs is 1. The van der Waals surface area contributed by atoms with E-state index in [-0.39, 0.29) is 5.41 Å². The highest BCUT2D eigenvalue weighted by Gasteiger charge is 2.21. The van der Waals surface area contributed by atoms with Crippen molar-refractivity contribution in [1.29, 1.82) is 0 Å². The van der Waals surface area contributed by atoms with E-state index in [1.807, 2.05) is 0 Å². The monoisotopic (exact) mass is 264 g/mol. The van der Waals surface area contributed by atoms with Crippen LogP contribution in [-0.2, 0) is 18.3 Å². The van der Waals surface area contributed by atoms with E-state index in [9.17, 15) is 0 Å². The smallest absolute Gasteiger partial charge is 0.0132 e. The summed E-state index contributed by atoms with van der Waals surface area (Å²) in [4.78, 5) is 0. The van der Waals surface area contributed by atoms with Gasteiger partial charge in [-0.2, -0.15) is 0 Å². The Bertz CT molecular complexity index is 611. The first-order chi connectivity index (χ1) is 9.45. The number of hydrogen-bond acceptors (Lipinski definition) is 0. The SMILES string of the molecule is CC1Cc2cccc(-c3ccc(C(C)(C)C)cc3)c2C1. The maximum atomic E-state index is 2.35. The van der Waals surface area contributed by atoms with Crippen molar-refractivity contribution in [3.8, 4) is 11.1 Å². The molecule has 0 aromatic heterocycles. The Morgan fingerprint density at radius 1 is 0.900 bits per heavy atom. The van der Waals surface area contributed by atoms with E-state index >= 15 is 0 Å². The maximum Gasteiger partial charge on any atom is -0.0132 e. The Kier molecular flexibility index (Phi) is 3.20. The van der Waals surface area contributed by atoms with E-state index in [2.05, 4.69) is 70.2 Å². The van der Waals surface area contributed by atoms with Crippen molar-refractivity contribution in [3.05, 3.63) is 59.2 Å². The van der Waals surface area contributed by atoms with Crippen molar-refractivity contribution in [2.75, 3.05) is 0 Å². The van der Waals surface area contributed by atoms with Gasteiger partial charge in [0.25, 0.3) is 0 Å². The lowest BCUT2D eigenvalue weighted by atomic mass is 9.86. The number of rotatable bonds is 1. The van der Waals surface area contributed by atoms with Gasteiger partial charge < -0.3 is 0 Å². The summed E-state index contributed by atoms with van der Waals surface area (Å²) in [5, 5.41) is 0. The van der Waals surface area contributed by atoms with Crippen LogP contribution >= 0.6 is 0 Å². The first kappa shape index (κ1) is 13.4. The lowest BCUT2D eigenvalue weighted by Crippen LogP contribution is -2.10. The van der Waals surface area contributed by atoms with Gasteiger partial charge in [-0.25, -0.2) is 0 Å². The van der Waals surface area contributed by atoms with Crippen LogP contribution in [0.4, 0.5) is 0 Å². The summed E-state index contributed by atoms with van der Waals surface area (Å²) in [6.45, 7) is 9.16. The molecular formula is C20H24. The van der Waals surface area contributed by atoms with Crippen LogP contribution in [0.5, 0.6) is 0 Å². The summed E-state index contributed by atoms with van der Waals surface area (Å²) >= 11 is 0. The third-order valence-corrected chi connectivity index (χ3v) is 4.46. The van der Waals surface area contributed by atoms with Crippen LogP contribution in [0.25, 0.3) is 11.1 Å². The highest BCUT2D eigenvalue weighted by Crippen LogP contribution is 2.35. The molecule has 0 bridgehead atoms. The Balaban J connectivity index is 2.01. The molecule has 0 saturated carbocycles. The van der Waals surface area contributed by atoms with Crippen LogP contribution in [0.1, 0.15) is 44.4 Å². The fourth-order valence-electron chi connectivity index (χ4n) is 3.28. The maximum absolute atomic E-state index is 2.35. The van der Waals surface area contributed by atoms with E-state index in [0.29, 0.717) is 0 Å². The molecule has 2 aromatic carbocycles. The van der Waals surface area contributed by atoms with Gasteiger partial charge in [-0.05, 0) is 52.0 Å². The van der Waals surface area contributed by atoms with E-state index < -0.39 is 0 Å². The highest BCUT2D eigenvalue weighted by molar-refractivity contribution is 5.70. The summed E-state index contributed by atoms with van der Waals surface area (Å²) in [5.74, 6) is 0.792. The summed E-state index contributed by atoms with van der Waals surface area (Å²) in [5.41, 5.74) is 7.56. The van der Waals surface area contributed by atoms with Crippen LogP contribution in [0.3, 0.4) is 0 Å². The Labute approximate surface area is 122 Å². The zero-order valence-corrected chi connectivity index (χ0v) is 13.0. The fraction of sp³-hybridized carbons (Fsp3) is 0.400. The minimum atomic E-state index is 0.228. The molecule has 1 aliphatic carbocycles. The third-order valence-electron chi connectivity index (χ3n) is 4.46. The zero-order chi connectivity index (χ0) is 14.3. The van der Waals surface area contributed by atoms with Crippen molar-refractivity contribution in [2.45, 2.75) is 46.0 Å². The fourth-order valence-corrected chi connectivity index (χ4v) is 3.28. The van der Waals surface area contributed by atoms with Gasteiger partial charge in [-0.1, -0.05) is 70.2 Å². The molecule has 3 rings (SSSR count). The standard InChI is InChI=1S/C20H24/c1-14-12-16-6-5-7-18(19(16)13-14)15-8-10-17(11-9-15)20(2,3)4/h5-11,14H,12-13H2,1-4H3. The predicted molar refractivity (Wildman–Crippen MR) is 87.2 cm³/mol. The van der Waals surface area contributed by atoms with Gasteiger partial charge in [0, 0.05) is 0 Å². The van der Waals surface area contributed by atoms with E-state index in [1.165, 1.54) is 29.5 Å². The van der Waals surface area contributed by atoms with E-state index in [0.717, 1.165) is 5.92 Å². The molecule has 0 nitrogen and oxygen atoms in total. The minimum absolute atomic E-state index is 0.228. The molecule has 0 aliphatic heterocycles. The molecule has 1 aliphatic rings. The van der Waals surface area contributed by atoms with Crippen LogP contribution < -0.4 is 0 Å². The van der Waals surface area contributed by atoms with Crippen molar-refractivity contribution in [1.82, 2.24) is 0 Å². The Hall–Kier alpha value is -1.56. The van der Waals surface area contributed by atoms with Crippen molar-refractivity contribution in [3.63, 3.8) is 0 Å². The number of hydrogen-bond donors (Lipinski definition) is 0. The summed E-state index contributed by atoms with van der Waals surface area (Å²) in [6.07, 6.45) is 2.47. The first-order valence-corrected chi connectivity index (χ1v) is 7.67. The molecule has 0 saturated heterocycles. The van der Waals surface area contributed by atoms with Gasteiger partial charge in [0.2, 0.25) is 0 Å². The van der Waals surface area contributed by atoms with Gasteiger partial charge in [0.05, 0.1) is 0 Å². The highest BCUT2D eigenvalue weighted by atomic mass is 14.3. The molecule has 0 spiro atoms. The second-order valence-electron chi connectivity index (χ2n) is 7.28. The quantitative estimate of drug-likeness (QED) is 0.648. The summed E-state index contributed by atoms with van der Waals surface area (Å²) < 4.78 is 0. The first-order valence-electron chi connectivity index (χ1n) is 7.67. The van der Waals surface area contributed by atoms with E-state index in [1.54, 1.807) is 11.1 Å². The average Bonchev–Trinajstić information content (AvgIpc) is 2.78. The molecule has 0 fully saturated rings. The molecule has 0 heterocycles. The van der Waals surface area contributed by atoms with Crippen molar-refractivity contribution >= 4 is 0 Å². The second kappa shape index (κ2) is 4.77. The normalized spacial score (nSPS) is 18.1. The minimum Gasteiger partial charge on any atom is -0.0619 e. The van der Waals surface area contributed by atoms with Crippen LogP contribution in [0.2, 0.25) is 0 Å². The molecule has 2 aromatic rings. The van der Waals surface area contributed by atoms with Crippen molar-refractivity contribution < 1.29 is 0 Å². The Morgan fingerprint density at radius 2 is 1.60 bits per heavy atom. The lowest BCUT2D eigenvalue weighted by Gasteiger charge is -2.19. The van der Waals surface area contributed by atoms with Crippen LogP contribution in [-0.4, -0.2) is 0 Å². The third kappa shape index (κ3) is 2.40. The molecule has 1 unspecified atom stereocenters. The summed E-state index contributed by atoms with van der Waals surface area (Å²) in [7, 11) is 0. The molecule has 1 atom stereocenters. The molecule has 0 radical (unpaired) electrons. The molecule has 104 valence electrons. The largest absolute Gasteiger partial charge is 0.0619 e. The molecule has 20 heavy (non-hydrogen) atoms. The van der Waals surface area contributed by atoms with Gasteiger partial charge in [-0.3, -0.25) is 0 Å². The van der Waals surface area contributed by atoms with Gasteiger partial charge in [-0.15, -0.1) is 0 Å². The Morgan fingerprint density at radius 3 is 2.25 bits per heavy atom. The molecular weight excluding hydrogens is 240 g/mol. The lowest BCUT2D eigenvalue weighted by molar-refractivity contribution is 0.590. The molecule has 0 amide bonds. The zero-order valence-electron chi connectivity index (χ0n) is 13.0. The average molecular weight is 264 g/mol. The predicted octanol–water partition coefficient (Wildman–Crippen LogP) is 5.39.